The summed E-state index contributed by atoms with van der Waals surface area (Å²) in [5.41, 5.74) is 3.98. The van der Waals surface area contributed by atoms with Crippen molar-refractivity contribution in [3.63, 3.8) is 0 Å². The second-order valence-corrected chi connectivity index (χ2v) is 7.83. The highest BCUT2D eigenvalue weighted by Gasteiger charge is 2.30. The Kier molecular flexibility index (Phi) is 4.69. The molecular formula is C22H24N4O3. The van der Waals surface area contributed by atoms with E-state index in [2.05, 4.69) is 26.5 Å². The van der Waals surface area contributed by atoms with Gasteiger partial charge in [0.2, 0.25) is 5.91 Å². The van der Waals surface area contributed by atoms with E-state index in [-0.39, 0.29) is 12.0 Å². The molecule has 1 amide bonds. The minimum Gasteiger partial charge on any atom is -0.488 e. The second kappa shape index (κ2) is 7.50. The van der Waals surface area contributed by atoms with Crippen LogP contribution in [-0.4, -0.2) is 51.4 Å². The number of aromatic amines is 1. The molecule has 0 spiro atoms. The Labute approximate surface area is 168 Å². The van der Waals surface area contributed by atoms with Crippen LogP contribution in [0.1, 0.15) is 24.1 Å². The lowest BCUT2D eigenvalue weighted by molar-refractivity contribution is -0.116. The SMILES string of the molecule is O=C1CCc2cc(O[C@@H]3CCN(Cc4[nH]nc5ccccc45)C[C@H]3O)ccc2N1. The molecule has 1 aromatic heterocycles. The average molecular weight is 392 g/mol. The zero-order chi connectivity index (χ0) is 19.8. The predicted molar refractivity (Wildman–Crippen MR) is 110 cm³/mol. The van der Waals surface area contributed by atoms with Crippen molar-refractivity contribution in [3.8, 4) is 5.75 Å². The van der Waals surface area contributed by atoms with Crippen molar-refractivity contribution in [3.05, 3.63) is 53.7 Å². The molecule has 3 N–H and O–H groups in total. The number of aromatic nitrogens is 2. The quantitative estimate of drug-likeness (QED) is 0.635. The van der Waals surface area contributed by atoms with Crippen LogP contribution in [0.2, 0.25) is 0 Å². The fourth-order valence-electron chi connectivity index (χ4n) is 4.22. The first-order valence-corrected chi connectivity index (χ1v) is 10.1. The third-order valence-electron chi connectivity index (χ3n) is 5.79. The number of β-amino-alcohol motifs (C(OH)–C–C–N with tert-alkyl or cyclic N) is 1. The number of hydrogen-bond acceptors (Lipinski definition) is 5. The summed E-state index contributed by atoms with van der Waals surface area (Å²) in [5, 5.41) is 22.1. The highest BCUT2D eigenvalue weighted by atomic mass is 16.5. The van der Waals surface area contributed by atoms with Gasteiger partial charge >= 0.3 is 0 Å². The first kappa shape index (κ1) is 18.1. The Hall–Kier alpha value is -2.90. The summed E-state index contributed by atoms with van der Waals surface area (Å²) < 4.78 is 6.10. The predicted octanol–water partition coefficient (Wildman–Crippen LogP) is 2.46. The molecule has 0 aliphatic carbocycles. The molecule has 3 heterocycles. The van der Waals surface area contributed by atoms with Crippen LogP contribution in [0.4, 0.5) is 5.69 Å². The van der Waals surface area contributed by atoms with E-state index in [1.165, 1.54) is 0 Å². The molecule has 2 aliphatic rings. The lowest BCUT2D eigenvalue weighted by Crippen LogP contribution is -2.48. The first-order valence-electron chi connectivity index (χ1n) is 10.1. The number of carbonyl (C=O) groups excluding carboxylic acids is 1. The Morgan fingerprint density at radius 1 is 1.21 bits per heavy atom. The van der Waals surface area contributed by atoms with Gasteiger partial charge < -0.3 is 15.2 Å². The molecule has 2 atom stereocenters. The van der Waals surface area contributed by atoms with E-state index in [4.69, 9.17) is 4.74 Å². The fourth-order valence-corrected chi connectivity index (χ4v) is 4.22. The van der Waals surface area contributed by atoms with Gasteiger partial charge in [0.15, 0.2) is 0 Å². The van der Waals surface area contributed by atoms with Crippen molar-refractivity contribution in [2.45, 2.75) is 38.0 Å². The first-order chi connectivity index (χ1) is 14.2. The standard InChI is InChI=1S/C22H24N4O3/c27-20-13-26(12-19-16-3-1-2-4-18(16)24-25-19)10-9-21(20)29-15-6-7-17-14(11-15)5-8-22(28)23-17/h1-4,6-7,11,20-21,27H,5,8-10,12-13H2,(H,23,28)(H,24,25)/t20-,21-/m1/s1. The fraction of sp³-hybridized carbons (Fsp3) is 0.364. The van der Waals surface area contributed by atoms with Crippen LogP contribution >= 0.6 is 0 Å². The average Bonchev–Trinajstić information content (AvgIpc) is 3.13. The number of ether oxygens (including phenoxy) is 1. The van der Waals surface area contributed by atoms with Gasteiger partial charge in [-0.2, -0.15) is 5.10 Å². The number of piperidine rings is 1. The lowest BCUT2D eigenvalue weighted by Gasteiger charge is -2.35. The van der Waals surface area contributed by atoms with Crippen molar-refractivity contribution in [2.75, 3.05) is 18.4 Å². The number of benzene rings is 2. The number of aliphatic hydroxyl groups is 1. The molecule has 3 aromatic rings. The highest BCUT2D eigenvalue weighted by molar-refractivity contribution is 5.94. The summed E-state index contributed by atoms with van der Waals surface area (Å²) >= 11 is 0. The molecule has 150 valence electrons. The van der Waals surface area contributed by atoms with E-state index in [1.807, 2.05) is 36.4 Å². The van der Waals surface area contributed by atoms with Crippen LogP contribution in [0.3, 0.4) is 0 Å². The molecule has 0 bridgehead atoms. The third-order valence-corrected chi connectivity index (χ3v) is 5.79. The third kappa shape index (κ3) is 3.71. The van der Waals surface area contributed by atoms with E-state index in [0.717, 1.165) is 59.5 Å². The summed E-state index contributed by atoms with van der Waals surface area (Å²) in [5.74, 6) is 0.802. The maximum atomic E-state index is 11.5. The smallest absolute Gasteiger partial charge is 0.224 e. The van der Waals surface area contributed by atoms with Gasteiger partial charge in [-0.05, 0) is 42.7 Å². The molecule has 29 heavy (non-hydrogen) atoms. The Morgan fingerprint density at radius 3 is 3.00 bits per heavy atom. The topological polar surface area (TPSA) is 90.5 Å². The van der Waals surface area contributed by atoms with Crippen LogP contribution in [0.25, 0.3) is 10.9 Å². The number of aliphatic hydroxyl groups excluding tert-OH is 1. The van der Waals surface area contributed by atoms with Crippen molar-refractivity contribution in [2.24, 2.45) is 0 Å². The number of likely N-dealkylation sites (tertiary alicyclic amines) is 1. The maximum Gasteiger partial charge on any atom is 0.224 e. The normalized spacial score (nSPS) is 22.3. The molecule has 1 saturated heterocycles. The number of carbonyl (C=O) groups is 1. The van der Waals surface area contributed by atoms with Gasteiger partial charge in [0, 0.05) is 37.1 Å². The van der Waals surface area contributed by atoms with Gasteiger partial charge in [-0.25, -0.2) is 0 Å². The van der Waals surface area contributed by atoms with Crippen LogP contribution < -0.4 is 10.1 Å². The van der Waals surface area contributed by atoms with Crippen molar-refractivity contribution < 1.29 is 14.6 Å². The number of anilines is 1. The maximum absolute atomic E-state index is 11.5. The number of fused-ring (bicyclic) bond motifs is 2. The molecular weight excluding hydrogens is 368 g/mol. The van der Waals surface area contributed by atoms with Crippen molar-refractivity contribution >= 4 is 22.5 Å². The summed E-state index contributed by atoms with van der Waals surface area (Å²) in [6, 6.07) is 13.8. The number of hydrogen-bond donors (Lipinski definition) is 3. The molecule has 7 nitrogen and oxygen atoms in total. The Morgan fingerprint density at radius 2 is 2.10 bits per heavy atom. The summed E-state index contributed by atoms with van der Waals surface area (Å²) in [6.07, 6.45) is 1.17. The van der Waals surface area contributed by atoms with Gasteiger partial charge in [0.25, 0.3) is 0 Å². The van der Waals surface area contributed by atoms with Gasteiger partial charge in [-0.1, -0.05) is 18.2 Å². The van der Waals surface area contributed by atoms with Crippen LogP contribution in [0, 0.1) is 0 Å². The molecule has 1 fully saturated rings. The molecule has 2 aromatic carbocycles. The number of para-hydroxylation sites is 1. The molecule has 7 heteroatoms. The van der Waals surface area contributed by atoms with E-state index in [1.54, 1.807) is 0 Å². The molecule has 2 aliphatic heterocycles. The van der Waals surface area contributed by atoms with E-state index < -0.39 is 6.10 Å². The number of rotatable bonds is 4. The minimum atomic E-state index is -0.561. The molecule has 0 radical (unpaired) electrons. The van der Waals surface area contributed by atoms with Crippen LogP contribution in [0.15, 0.2) is 42.5 Å². The number of nitrogens with zero attached hydrogens (tertiary/aromatic N) is 2. The lowest BCUT2D eigenvalue weighted by atomic mass is 10.0. The molecule has 0 saturated carbocycles. The van der Waals surface area contributed by atoms with E-state index >= 15 is 0 Å². The minimum absolute atomic E-state index is 0.0546. The number of nitrogens with one attached hydrogen (secondary N) is 2. The molecule has 0 unspecified atom stereocenters. The summed E-state index contributed by atoms with van der Waals surface area (Å²) in [4.78, 5) is 13.7. The van der Waals surface area contributed by atoms with Crippen molar-refractivity contribution in [1.82, 2.24) is 15.1 Å². The largest absolute Gasteiger partial charge is 0.488 e. The Bertz CT molecular complexity index is 1050. The van der Waals surface area contributed by atoms with Crippen molar-refractivity contribution in [1.29, 1.82) is 0 Å². The zero-order valence-electron chi connectivity index (χ0n) is 16.1. The van der Waals surface area contributed by atoms with Crippen LogP contribution in [-0.2, 0) is 17.8 Å². The zero-order valence-corrected chi connectivity index (χ0v) is 16.1. The van der Waals surface area contributed by atoms with E-state index in [0.29, 0.717) is 13.0 Å². The number of aryl methyl sites for hydroxylation is 1. The summed E-state index contributed by atoms with van der Waals surface area (Å²) in [7, 11) is 0. The van der Waals surface area contributed by atoms with Gasteiger partial charge in [0.05, 0.1) is 11.2 Å². The second-order valence-electron chi connectivity index (χ2n) is 7.83. The van der Waals surface area contributed by atoms with Gasteiger partial charge in [0.1, 0.15) is 18.0 Å². The molecule has 5 rings (SSSR count). The number of amides is 1. The van der Waals surface area contributed by atoms with Crippen LogP contribution in [0.5, 0.6) is 5.75 Å². The highest BCUT2D eigenvalue weighted by Crippen LogP contribution is 2.29. The van der Waals surface area contributed by atoms with Gasteiger partial charge in [-0.15, -0.1) is 0 Å². The van der Waals surface area contributed by atoms with Gasteiger partial charge in [-0.3, -0.25) is 14.8 Å². The number of H-pyrrole nitrogens is 1. The monoisotopic (exact) mass is 392 g/mol. The Balaban J connectivity index is 1.22. The summed E-state index contributed by atoms with van der Waals surface area (Å²) in [6.45, 7) is 2.12. The van der Waals surface area contributed by atoms with E-state index in [9.17, 15) is 9.90 Å².